The minimum atomic E-state index is -3.46. The Labute approximate surface area is 161 Å². The van der Waals surface area contributed by atoms with Gasteiger partial charge in [-0.2, -0.15) is 4.31 Å². The summed E-state index contributed by atoms with van der Waals surface area (Å²) in [5.74, 6) is 0.881. The number of rotatable bonds is 3. The molecule has 2 heterocycles. The number of imidazole rings is 1. The minimum Gasteiger partial charge on any atom is -0.340 e. The molecule has 0 spiro atoms. The molecular formula is C18H19BrN4O2S. The SMILES string of the molecule is Cn1c(N2CCN(S(=O)(=O)c3ccc(Br)cc3)CC2)nc2ccccc21. The highest BCUT2D eigenvalue weighted by Gasteiger charge is 2.29. The van der Waals surface area contributed by atoms with Crippen molar-refractivity contribution in [2.45, 2.75) is 4.90 Å². The molecule has 0 bridgehead atoms. The molecule has 0 radical (unpaired) electrons. The molecule has 3 aromatic rings. The fourth-order valence-electron chi connectivity index (χ4n) is 3.30. The van der Waals surface area contributed by atoms with Crippen molar-refractivity contribution in [2.24, 2.45) is 7.05 Å². The monoisotopic (exact) mass is 434 g/mol. The van der Waals surface area contributed by atoms with Gasteiger partial charge in [0.15, 0.2) is 0 Å². The Morgan fingerprint density at radius 2 is 1.62 bits per heavy atom. The first-order valence-electron chi connectivity index (χ1n) is 8.39. The molecule has 0 N–H and O–H groups in total. The minimum absolute atomic E-state index is 0.330. The van der Waals surface area contributed by atoms with Crippen LogP contribution in [0, 0.1) is 0 Å². The molecule has 1 aromatic heterocycles. The quantitative estimate of drug-likeness (QED) is 0.635. The number of hydrogen-bond donors (Lipinski definition) is 0. The second-order valence-corrected chi connectivity index (χ2v) is 9.16. The maximum Gasteiger partial charge on any atom is 0.243 e. The number of benzene rings is 2. The fourth-order valence-corrected chi connectivity index (χ4v) is 4.99. The largest absolute Gasteiger partial charge is 0.340 e. The van der Waals surface area contributed by atoms with Crippen LogP contribution in [0.1, 0.15) is 0 Å². The lowest BCUT2D eigenvalue weighted by Crippen LogP contribution is -2.49. The number of anilines is 1. The Balaban J connectivity index is 1.53. The van der Waals surface area contributed by atoms with E-state index in [9.17, 15) is 8.42 Å². The summed E-state index contributed by atoms with van der Waals surface area (Å²) in [5.41, 5.74) is 2.03. The molecule has 4 rings (SSSR count). The lowest BCUT2D eigenvalue weighted by Gasteiger charge is -2.34. The van der Waals surface area contributed by atoms with Crippen molar-refractivity contribution in [1.29, 1.82) is 0 Å². The molecule has 8 heteroatoms. The van der Waals surface area contributed by atoms with Crippen LogP contribution in [0.15, 0.2) is 57.9 Å². The van der Waals surface area contributed by atoms with Crippen LogP contribution in [0.5, 0.6) is 0 Å². The molecule has 0 amide bonds. The molecule has 0 unspecified atom stereocenters. The van der Waals surface area contributed by atoms with Crippen LogP contribution < -0.4 is 4.90 Å². The molecule has 1 aliphatic heterocycles. The predicted molar refractivity (Wildman–Crippen MR) is 106 cm³/mol. The number of aryl methyl sites for hydroxylation is 1. The van der Waals surface area contributed by atoms with E-state index in [0.29, 0.717) is 31.1 Å². The zero-order valence-corrected chi connectivity index (χ0v) is 16.7. The number of aromatic nitrogens is 2. The zero-order valence-electron chi connectivity index (χ0n) is 14.3. The molecule has 6 nitrogen and oxygen atoms in total. The second kappa shape index (κ2) is 6.68. The van der Waals surface area contributed by atoms with Crippen LogP contribution >= 0.6 is 15.9 Å². The maximum absolute atomic E-state index is 12.8. The average Bonchev–Trinajstić information content (AvgIpc) is 2.99. The van der Waals surface area contributed by atoms with Gasteiger partial charge >= 0.3 is 0 Å². The molecule has 26 heavy (non-hydrogen) atoms. The Morgan fingerprint density at radius 3 is 2.27 bits per heavy atom. The van der Waals surface area contributed by atoms with Gasteiger partial charge in [-0.05, 0) is 36.4 Å². The first kappa shape index (κ1) is 17.5. The van der Waals surface area contributed by atoms with Gasteiger partial charge in [0.25, 0.3) is 0 Å². The smallest absolute Gasteiger partial charge is 0.243 e. The van der Waals surface area contributed by atoms with E-state index in [1.165, 1.54) is 0 Å². The van der Waals surface area contributed by atoms with Crippen LogP contribution in [0.25, 0.3) is 11.0 Å². The third-order valence-electron chi connectivity index (χ3n) is 4.74. The highest BCUT2D eigenvalue weighted by Crippen LogP contribution is 2.24. The first-order chi connectivity index (χ1) is 12.5. The van der Waals surface area contributed by atoms with Crippen LogP contribution in [0.4, 0.5) is 5.95 Å². The van der Waals surface area contributed by atoms with E-state index < -0.39 is 10.0 Å². The zero-order chi connectivity index (χ0) is 18.3. The summed E-state index contributed by atoms with van der Waals surface area (Å²) in [6.45, 7) is 2.13. The number of halogens is 1. The van der Waals surface area contributed by atoms with Gasteiger partial charge in [-0.3, -0.25) is 0 Å². The number of nitrogens with zero attached hydrogens (tertiary/aromatic N) is 4. The summed E-state index contributed by atoms with van der Waals surface area (Å²) < 4.78 is 30.1. The Kier molecular flexibility index (Phi) is 4.50. The van der Waals surface area contributed by atoms with Crippen LogP contribution in [0.3, 0.4) is 0 Å². The van der Waals surface area contributed by atoms with Gasteiger partial charge in [-0.1, -0.05) is 28.1 Å². The van der Waals surface area contributed by atoms with Gasteiger partial charge in [-0.15, -0.1) is 0 Å². The third-order valence-corrected chi connectivity index (χ3v) is 7.18. The van der Waals surface area contributed by atoms with Crippen molar-refractivity contribution in [2.75, 3.05) is 31.1 Å². The standard InChI is InChI=1S/C18H19BrN4O2S/c1-21-17-5-3-2-4-16(17)20-18(21)22-10-12-23(13-11-22)26(24,25)15-8-6-14(19)7-9-15/h2-9H,10-13H2,1H3. The third kappa shape index (κ3) is 3.02. The lowest BCUT2D eigenvalue weighted by molar-refractivity contribution is 0.381. The van der Waals surface area contributed by atoms with Gasteiger partial charge in [0.2, 0.25) is 16.0 Å². The van der Waals surface area contributed by atoms with Gasteiger partial charge in [0.1, 0.15) is 0 Å². The molecule has 0 atom stereocenters. The Bertz CT molecular complexity index is 1040. The van der Waals surface area contributed by atoms with E-state index in [4.69, 9.17) is 4.98 Å². The summed E-state index contributed by atoms with van der Waals surface area (Å²) in [6.07, 6.45) is 0. The normalized spacial score (nSPS) is 16.3. The average molecular weight is 435 g/mol. The predicted octanol–water partition coefficient (Wildman–Crippen LogP) is 2.85. The number of para-hydroxylation sites is 2. The van der Waals surface area contributed by atoms with Crippen molar-refractivity contribution in [3.63, 3.8) is 0 Å². The highest BCUT2D eigenvalue weighted by molar-refractivity contribution is 9.10. The molecule has 136 valence electrons. The maximum atomic E-state index is 12.8. The highest BCUT2D eigenvalue weighted by atomic mass is 79.9. The molecule has 1 saturated heterocycles. The molecular weight excluding hydrogens is 416 g/mol. The lowest BCUT2D eigenvalue weighted by atomic mass is 10.3. The van der Waals surface area contributed by atoms with E-state index >= 15 is 0 Å². The molecule has 1 aliphatic rings. The van der Waals surface area contributed by atoms with E-state index in [1.54, 1.807) is 28.6 Å². The van der Waals surface area contributed by atoms with E-state index in [-0.39, 0.29) is 0 Å². The van der Waals surface area contributed by atoms with Crippen LogP contribution in [-0.4, -0.2) is 48.5 Å². The van der Waals surface area contributed by atoms with Crippen molar-refractivity contribution >= 4 is 42.9 Å². The van der Waals surface area contributed by atoms with Crippen LogP contribution in [0.2, 0.25) is 0 Å². The summed E-state index contributed by atoms with van der Waals surface area (Å²) >= 11 is 3.34. The Morgan fingerprint density at radius 1 is 0.962 bits per heavy atom. The summed E-state index contributed by atoms with van der Waals surface area (Å²) in [7, 11) is -1.46. The van der Waals surface area contributed by atoms with Crippen molar-refractivity contribution in [3.05, 3.63) is 53.0 Å². The first-order valence-corrected chi connectivity index (χ1v) is 10.6. The molecule has 1 fully saturated rings. The number of fused-ring (bicyclic) bond motifs is 1. The number of piperazine rings is 1. The molecule has 0 saturated carbocycles. The van der Waals surface area contributed by atoms with Gasteiger partial charge < -0.3 is 9.47 Å². The summed E-state index contributed by atoms with van der Waals surface area (Å²) in [6, 6.07) is 14.8. The summed E-state index contributed by atoms with van der Waals surface area (Å²) in [4.78, 5) is 7.18. The van der Waals surface area contributed by atoms with E-state index in [2.05, 4.69) is 25.4 Å². The van der Waals surface area contributed by atoms with Gasteiger partial charge in [0.05, 0.1) is 15.9 Å². The van der Waals surface area contributed by atoms with Crippen molar-refractivity contribution in [1.82, 2.24) is 13.9 Å². The van der Waals surface area contributed by atoms with Gasteiger partial charge in [-0.25, -0.2) is 13.4 Å². The number of sulfonamides is 1. The summed E-state index contributed by atoms with van der Waals surface area (Å²) in [5, 5.41) is 0. The topological polar surface area (TPSA) is 58.4 Å². The molecule has 2 aromatic carbocycles. The fraction of sp³-hybridized carbons (Fsp3) is 0.278. The van der Waals surface area contributed by atoms with Gasteiger partial charge in [0, 0.05) is 37.7 Å². The van der Waals surface area contributed by atoms with Crippen molar-refractivity contribution in [3.8, 4) is 0 Å². The van der Waals surface area contributed by atoms with E-state index in [0.717, 1.165) is 21.5 Å². The number of hydrogen-bond acceptors (Lipinski definition) is 4. The van der Waals surface area contributed by atoms with E-state index in [1.807, 2.05) is 31.3 Å². The Hall–Kier alpha value is -1.90. The van der Waals surface area contributed by atoms with Crippen molar-refractivity contribution < 1.29 is 8.42 Å². The second-order valence-electron chi connectivity index (χ2n) is 6.30. The molecule has 0 aliphatic carbocycles. The van der Waals surface area contributed by atoms with Crippen LogP contribution in [-0.2, 0) is 17.1 Å².